The number of para-hydroxylation sites is 1. The van der Waals surface area contributed by atoms with Gasteiger partial charge in [0, 0.05) is 25.1 Å². The summed E-state index contributed by atoms with van der Waals surface area (Å²) in [5.74, 6) is 1.63. The third kappa shape index (κ3) is 3.31. The maximum Gasteiger partial charge on any atom is 0.184 e. The van der Waals surface area contributed by atoms with Gasteiger partial charge in [-0.1, -0.05) is 6.07 Å². The topological polar surface area (TPSA) is 38.8 Å². The van der Waals surface area contributed by atoms with Gasteiger partial charge in [0.05, 0.1) is 5.69 Å². The average Bonchev–Trinajstić information content (AvgIpc) is 3.10. The van der Waals surface area contributed by atoms with Gasteiger partial charge in [0.2, 0.25) is 0 Å². The van der Waals surface area contributed by atoms with E-state index in [2.05, 4.69) is 4.90 Å². The summed E-state index contributed by atoms with van der Waals surface area (Å²) in [6.07, 6.45) is 1.44. The predicted octanol–water partition coefficient (Wildman–Crippen LogP) is 3.70. The highest BCUT2D eigenvalue weighted by Crippen LogP contribution is 2.41. The number of rotatable bonds is 4. The van der Waals surface area contributed by atoms with Crippen molar-refractivity contribution >= 4 is 11.5 Å². The van der Waals surface area contributed by atoms with Crippen LogP contribution in [0.15, 0.2) is 42.5 Å². The number of Topliss-reactive ketones (excluding diaryl/α,β-unsaturated/α-hetero) is 1. The molecule has 1 saturated heterocycles. The molecular formula is C20H20FNO3. The molecule has 0 saturated carbocycles. The van der Waals surface area contributed by atoms with E-state index in [1.54, 1.807) is 12.1 Å². The van der Waals surface area contributed by atoms with Gasteiger partial charge in [-0.15, -0.1) is 0 Å². The summed E-state index contributed by atoms with van der Waals surface area (Å²) < 4.78 is 24.4. The first-order valence-corrected chi connectivity index (χ1v) is 8.63. The first-order chi connectivity index (χ1) is 12.2. The van der Waals surface area contributed by atoms with Crippen LogP contribution < -0.4 is 14.4 Å². The molecule has 1 fully saturated rings. The van der Waals surface area contributed by atoms with E-state index in [0.717, 1.165) is 36.7 Å². The van der Waals surface area contributed by atoms with Crippen molar-refractivity contribution in [2.75, 3.05) is 31.2 Å². The normalized spacial score (nSPS) is 19.1. The molecule has 0 aromatic heterocycles. The Balaban J connectivity index is 1.43. The number of benzene rings is 2. The fraction of sp³-hybridized carbons (Fsp3) is 0.350. The highest BCUT2D eigenvalue weighted by Gasteiger charge is 2.28. The highest BCUT2D eigenvalue weighted by atomic mass is 19.1. The lowest BCUT2D eigenvalue weighted by Gasteiger charge is -2.26. The first kappa shape index (κ1) is 15.9. The molecule has 0 N–H and O–H groups in total. The van der Waals surface area contributed by atoms with Crippen molar-refractivity contribution in [1.29, 1.82) is 0 Å². The zero-order valence-electron chi connectivity index (χ0n) is 13.9. The molecule has 2 aromatic carbocycles. The number of carbonyl (C=O) groups is 1. The molecule has 2 aliphatic heterocycles. The highest BCUT2D eigenvalue weighted by molar-refractivity contribution is 5.96. The summed E-state index contributed by atoms with van der Waals surface area (Å²) in [4.78, 5) is 14.7. The minimum absolute atomic E-state index is 0.0709. The molecule has 1 unspecified atom stereocenters. The third-order valence-corrected chi connectivity index (χ3v) is 4.81. The fourth-order valence-corrected chi connectivity index (χ4v) is 3.54. The van der Waals surface area contributed by atoms with Gasteiger partial charge in [0.15, 0.2) is 17.3 Å². The van der Waals surface area contributed by atoms with Gasteiger partial charge in [-0.3, -0.25) is 4.79 Å². The third-order valence-electron chi connectivity index (χ3n) is 4.81. The second-order valence-electron chi connectivity index (χ2n) is 6.54. The van der Waals surface area contributed by atoms with Gasteiger partial charge in [-0.2, -0.15) is 0 Å². The molecule has 0 bridgehead atoms. The number of carbonyl (C=O) groups excluding carboxylic acids is 1. The first-order valence-electron chi connectivity index (χ1n) is 8.63. The molecule has 25 heavy (non-hydrogen) atoms. The largest absolute Gasteiger partial charge is 0.486 e. The molecule has 2 heterocycles. The number of halogens is 1. The van der Waals surface area contributed by atoms with Crippen LogP contribution in [0.5, 0.6) is 11.5 Å². The Bertz CT molecular complexity index is 775. The van der Waals surface area contributed by atoms with E-state index in [1.807, 2.05) is 18.2 Å². The molecule has 5 heteroatoms. The standard InChI is InChI=1S/C20H20FNO3/c21-16-6-4-15(5-7-16)18(23)12-14-8-9-22(13-14)17-2-1-3-19-20(17)25-11-10-24-19/h1-7,14H,8-13H2. The number of nitrogens with zero attached hydrogens (tertiary/aromatic N) is 1. The Morgan fingerprint density at radius 2 is 1.92 bits per heavy atom. The van der Waals surface area contributed by atoms with Crippen molar-refractivity contribution in [3.8, 4) is 11.5 Å². The van der Waals surface area contributed by atoms with Crippen molar-refractivity contribution < 1.29 is 18.7 Å². The lowest BCUT2D eigenvalue weighted by molar-refractivity contribution is 0.0965. The Kier molecular flexibility index (Phi) is 4.30. The van der Waals surface area contributed by atoms with Crippen LogP contribution in [0.1, 0.15) is 23.2 Å². The molecular weight excluding hydrogens is 321 g/mol. The van der Waals surface area contributed by atoms with Crippen molar-refractivity contribution in [2.45, 2.75) is 12.8 Å². The summed E-state index contributed by atoms with van der Waals surface area (Å²) in [5, 5.41) is 0. The Labute approximate surface area is 146 Å². The fourth-order valence-electron chi connectivity index (χ4n) is 3.54. The van der Waals surface area contributed by atoms with Crippen molar-refractivity contribution in [2.24, 2.45) is 5.92 Å². The smallest absolute Gasteiger partial charge is 0.184 e. The lowest BCUT2D eigenvalue weighted by Crippen LogP contribution is -2.23. The van der Waals surface area contributed by atoms with Crippen molar-refractivity contribution in [3.05, 3.63) is 53.8 Å². The van der Waals surface area contributed by atoms with E-state index in [1.165, 1.54) is 12.1 Å². The maximum absolute atomic E-state index is 13.0. The van der Waals surface area contributed by atoms with E-state index in [0.29, 0.717) is 25.2 Å². The average molecular weight is 341 g/mol. The molecule has 1 atom stereocenters. The second-order valence-corrected chi connectivity index (χ2v) is 6.54. The van der Waals surface area contributed by atoms with Crippen molar-refractivity contribution in [3.63, 3.8) is 0 Å². The molecule has 4 rings (SSSR count). The van der Waals surface area contributed by atoms with Gasteiger partial charge in [0.1, 0.15) is 19.0 Å². The van der Waals surface area contributed by atoms with Crippen LogP contribution in [0.25, 0.3) is 0 Å². The zero-order chi connectivity index (χ0) is 17.2. The number of fused-ring (bicyclic) bond motifs is 1. The molecule has 130 valence electrons. The van der Waals surface area contributed by atoms with Gasteiger partial charge in [-0.05, 0) is 48.7 Å². The molecule has 0 spiro atoms. The van der Waals surface area contributed by atoms with Crippen LogP contribution in [0.4, 0.5) is 10.1 Å². The van der Waals surface area contributed by atoms with Crippen LogP contribution in [-0.2, 0) is 0 Å². The van der Waals surface area contributed by atoms with Gasteiger partial charge >= 0.3 is 0 Å². The van der Waals surface area contributed by atoms with Crippen LogP contribution in [-0.4, -0.2) is 32.1 Å². The summed E-state index contributed by atoms with van der Waals surface area (Å²) in [7, 11) is 0. The molecule has 0 radical (unpaired) electrons. The predicted molar refractivity (Wildman–Crippen MR) is 93.1 cm³/mol. The SMILES string of the molecule is O=C(CC1CCN(c2cccc3c2OCCO3)C1)c1ccc(F)cc1. The number of ether oxygens (including phenoxy) is 2. The Morgan fingerprint density at radius 1 is 1.12 bits per heavy atom. The Morgan fingerprint density at radius 3 is 2.76 bits per heavy atom. The van der Waals surface area contributed by atoms with Gasteiger partial charge in [0.25, 0.3) is 0 Å². The lowest BCUT2D eigenvalue weighted by atomic mass is 9.97. The van der Waals surface area contributed by atoms with Crippen LogP contribution in [0.2, 0.25) is 0 Å². The number of hydrogen-bond acceptors (Lipinski definition) is 4. The minimum Gasteiger partial charge on any atom is -0.486 e. The van der Waals surface area contributed by atoms with Crippen LogP contribution in [0, 0.1) is 11.7 Å². The number of hydrogen-bond donors (Lipinski definition) is 0. The van der Waals surface area contributed by atoms with E-state index in [-0.39, 0.29) is 17.5 Å². The van der Waals surface area contributed by atoms with Crippen molar-refractivity contribution in [1.82, 2.24) is 0 Å². The molecule has 2 aliphatic rings. The van der Waals surface area contributed by atoms with E-state index in [9.17, 15) is 9.18 Å². The molecule has 2 aromatic rings. The maximum atomic E-state index is 13.0. The number of ketones is 1. The summed E-state index contributed by atoms with van der Waals surface area (Å²) >= 11 is 0. The summed E-state index contributed by atoms with van der Waals surface area (Å²) in [6, 6.07) is 11.7. The van der Waals surface area contributed by atoms with Crippen LogP contribution in [0.3, 0.4) is 0 Å². The Hall–Kier alpha value is -2.56. The zero-order valence-corrected chi connectivity index (χ0v) is 13.9. The van der Waals surface area contributed by atoms with E-state index < -0.39 is 0 Å². The van der Waals surface area contributed by atoms with E-state index in [4.69, 9.17) is 9.47 Å². The molecule has 0 aliphatic carbocycles. The van der Waals surface area contributed by atoms with Crippen LogP contribution >= 0.6 is 0 Å². The van der Waals surface area contributed by atoms with E-state index >= 15 is 0 Å². The molecule has 4 nitrogen and oxygen atoms in total. The van der Waals surface area contributed by atoms with Gasteiger partial charge < -0.3 is 14.4 Å². The number of anilines is 1. The second kappa shape index (κ2) is 6.75. The summed E-state index contributed by atoms with van der Waals surface area (Å²) in [6.45, 7) is 2.84. The summed E-state index contributed by atoms with van der Waals surface area (Å²) in [5.41, 5.74) is 1.61. The monoisotopic (exact) mass is 341 g/mol. The molecule has 0 amide bonds. The van der Waals surface area contributed by atoms with Gasteiger partial charge in [-0.25, -0.2) is 4.39 Å². The minimum atomic E-state index is -0.320. The quantitative estimate of drug-likeness (QED) is 0.795.